The molecule has 0 aromatic heterocycles. The van der Waals surface area contributed by atoms with Crippen molar-refractivity contribution in [3.05, 3.63) is 0 Å². The van der Waals surface area contributed by atoms with E-state index in [0.29, 0.717) is 38.5 Å². The number of unbranched alkanes of at least 4 members (excludes halogenated alkanes) is 3. The lowest BCUT2D eigenvalue weighted by Crippen LogP contribution is -2.67. The maximum atomic E-state index is 14.7. The average Bonchev–Trinajstić information content (AvgIpc) is 3.20. The third-order valence-electron chi connectivity index (χ3n) is 7.96. The van der Waals surface area contributed by atoms with Gasteiger partial charge in [0.25, 0.3) is 0 Å². The highest BCUT2D eigenvalue weighted by Crippen LogP contribution is 2.59. The summed E-state index contributed by atoms with van der Waals surface area (Å²) in [5.74, 6) is -5.40. The molecule has 1 aliphatic rings. The molecule has 30 heteroatoms. The molecule has 384 valence electrons. The van der Waals surface area contributed by atoms with Crippen LogP contribution in [0.1, 0.15) is 101 Å². The largest absolute Gasteiger partial charge is 0.481 e. The molecule has 0 unspecified atom stereocenters. The molecular formula is C36H63O27P3. The first-order valence-electron chi connectivity index (χ1n) is 20.5. The zero-order valence-corrected chi connectivity index (χ0v) is 41.1. The van der Waals surface area contributed by atoms with Crippen LogP contribution in [0.3, 0.4) is 0 Å². The smallest absolute Gasteiger partial charge is 0.438 e. The first kappa shape index (κ1) is 61.0. The standard InChI is InChI=1S/C36H63O27P3/c1-10-13-16-46-31-32(47-17-14-11-2)35(62-65(44,57-21-51-27(6)39)58-22-52-28(7)40)36(63-66(45,59-23-53-29(8)41)60-24-54-30(9)42)33(48-18-15-12-3)34(31)61-64(43,55-19-49-25(4)37)56-20-50-26(5)38/h31-36H,10-24H2,1-9H3/t31-,32+,33-,34+,35+,36+/m0/s1. The summed E-state index contributed by atoms with van der Waals surface area (Å²) in [4.78, 5) is 70.4. The Morgan fingerprint density at radius 2 is 0.515 bits per heavy atom. The summed E-state index contributed by atoms with van der Waals surface area (Å²) in [5.41, 5.74) is 0. The molecule has 0 aromatic rings. The Hall–Kier alpha value is -2.97. The molecule has 1 aliphatic carbocycles. The Morgan fingerprint density at radius 3 is 0.697 bits per heavy atom. The second kappa shape index (κ2) is 32.7. The third kappa shape index (κ3) is 25.4. The fraction of sp³-hybridized carbons (Fsp3) is 0.833. The molecule has 66 heavy (non-hydrogen) atoms. The van der Waals surface area contributed by atoms with E-state index in [1.54, 1.807) is 6.92 Å². The van der Waals surface area contributed by atoms with Crippen molar-refractivity contribution < 1.29 is 126 Å². The number of hydrogen-bond donors (Lipinski definition) is 0. The summed E-state index contributed by atoms with van der Waals surface area (Å²) >= 11 is 0. The van der Waals surface area contributed by atoms with Gasteiger partial charge in [0.2, 0.25) is 40.8 Å². The van der Waals surface area contributed by atoms with Gasteiger partial charge in [0.05, 0.1) is 0 Å². The zero-order valence-electron chi connectivity index (χ0n) is 38.4. The molecule has 1 rings (SSSR count). The van der Waals surface area contributed by atoms with E-state index in [-0.39, 0.29) is 19.8 Å². The Bertz CT molecular complexity index is 1570. The van der Waals surface area contributed by atoms with Gasteiger partial charge in [0.15, 0.2) is 0 Å². The average molecular weight is 1020 g/mol. The molecule has 0 spiro atoms. The summed E-state index contributed by atoms with van der Waals surface area (Å²) < 4.78 is 142. The minimum Gasteiger partial charge on any atom is -0.438 e. The molecule has 1 fully saturated rings. The normalized spacial score (nSPS) is 20.0. The Balaban J connectivity index is 4.45. The van der Waals surface area contributed by atoms with Gasteiger partial charge >= 0.3 is 59.3 Å². The predicted octanol–water partition coefficient (Wildman–Crippen LogP) is 5.26. The number of phosphoric ester groups is 3. The van der Waals surface area contributed by atoms with E-state index < -0.39 is 137 Å². The van der Waals surface area contributed by atoms with Crippen molar-refractivity contribution in [3.8, 4) is 0 Å². The number of carbonyl (C=O) groups excluding carboxylic acids is 6. The molecule has 0 heterocycles. The summed E-state index contributed by atoms with van der Waals surface area (Å²) in [6, 6.07) is 0. The van der Waals surface area contributed by atoms with Crippen molar-refractivity contribution in [1.29, 1.82) is 0 Å². The van der Waals surface area contributed by atoms with Crippen LogP contribution >= 0.6 is 23.5 Å². The van der Waals surface area contributed by atoms with Crippen molar-refractivity contribution in [2.45, 2.75) is 137 Å². The second-order valence-electron chi connectivity index (χ2n) is 13.4. The fourth-order valence-electron chi connectivity index (χ4n) is 4.93. The van der Waals surface area contributed by atoms with Gasteiger partial charge in [0.1, 0.15) is 36.6 Å². The molecule has 0 aromatic carbocycles. The third-order valence-corrected chi connectivity index (χ3v) is 12.0. The molecule has 0 amide bonds. The minimum atomic E-state index is -5.31. The Morgan fingerprint density at radius 1 is 0.333 bits per heavy atom. The molecular weight excluding hydrogens is 957 g/mol. The Kier molecular flexibility index (Phi) is 30.3. The lowest BCUT2D eigenvalue weighted by molar-refractivity contribution is -0.251. The van der Waals surface area contributed by atoms with Crippen LogP contribution in [0.4, 0.5) is 0 Å². The SMILES string of the molecule is CCCCO[C@@H]1[C@H](OCCCC)[C@@H](OP(=O)(OCOC(C)=O)OCOC(C)=O)[C@H](OCCCC)[C@@H](OP(=O)(OCOC(C)=O)OCOC(C)=O)[C@@H]1OP(=O)(OCOC(C)=O)OCOC(C)=O. The predicted molar refractivity (Wildman–Crippen MR) is 218 cm³/mol. The fourth-order valence-corrected chi connectivity index (χ4v) is 8.22. The number of hydrogen-bond acceptors (Lipinski definition) is 27. The van der Waals surface area contributed by atoms with Crippen molar-refractivity contribution in [2.75, 3.05) is 60.6 Å². The summed E-state index contributed by atoms with van der Waals surface area (Å²) in [5, 5.41) is 0. The highest BCUT2D eigenvalue weighted by Gasteiger charge is 2.61. The van der Waals surface area contributed by atoms with Gasteiger partial charge in [0, 0.05) is 61.4 Å². The van der Waals surface area contributed by atoms with Gasteiger partial charge < -0.3 is 42.6 Å². The molecule has 1 saturated carbocycles. The second-order valence-corrected chi connectivity index (χ2v) is 18.3. The van der Waals surface area contributed by atoms with Crippen molar-refractivity contribution in [1.82, 2.24) is 0 Å². The number of phosphoric acid groups is 3. The van der Waals surface area contributed by atoms with E-state index in [4.69, 9.17) is 83.3 Å². The first-order valence-corrected chi connectivity index (χ1v) is 24.9. The topological polar surface area (TPSA) is 320 Å². The molecule has 0 aliphatic heterocycles. The maximum Gasteiger partial charge on any atom is 0.481 e. The van der Waals surface area contributed by atoms with Gasteiger partial charge in [-0.1, -0.05) is 40.0 Å². The summed E-state index contributed by atoms with van der Waals surface area (Å²) in [6.45, 7) is 4.55. The lowest BCUT2D eigenvalue weighted by Gasteiger charge is -2.49. The maximum absolute atomic E-state index is 14.7. The summed E-state index contributed by atoms with van der Waals surface area (Å²) in [7, 11) is -15.7. The number of ether oxygens (including phenoxy) is 9. The molecule has 0 saturated heterocycles. The van der Waals surface area contributed by atoms with Crippen molar-refractivity contribution >= 4 is 59.3 Å². The lowest BCUT2D eigenvalue weighted by atomic mass is 9.84. The van der Waals surface area contributed by atoms with Gasteiger partial charge in [-0.3, -0.25) is 42.3 Å². The van der Waals surface area contributed by atoms with E-state index in [1.807, 2.05) is 13.8 Å². The van der Waals surface area contributed by atoms with E-state index in [0.717, 1.165) is 41.5 Å². The van der Waals surface area contributed by atoms with Crippen LogP contribution in [0.25, 0.3) is 0 Å². The summed E-state index contributed by atoms with van der Waals surface area (Å²) in [6.07, 6.45) is -8.67. The van der Waals surface area contributed by atoms with E-state index in [1.165, 1.54) is 0 Å². The highest BCUT2D eigenvalue weighted by atomic mass is 31.2. The van der Waals surface area contributed by atoms with Crippen molar-refractivity contribution in [2.24, 2.45) is 0 Å². The van der Waals surface area contributed by atoms with Gasteiger partial charge in [-0.05, 0) is 19.3 Å². The number of rotatable bonds is 36. The highest BCUT2D eigenvalue weighted by molar-refractivity contribution is 7.49. The van der Waals surface area contributed by atoms with Crippen molar-refractivity contribution in [3.63, 3.8) is 0 Å². The van der Waals surface area contributed by atoms with E-state index in [2.05, 4.69) is 0 Å². The molecule has 0 N–H and O–H groups in total. The molecule has 6 atom stereocenters. The number of esters is 6. The zero-order chi connectivity index (χ0) is 49.8. The molecule has 27 nitrogen and oxygen atoms in total. The Labute approximate surface area is 382 Å². The van der Waals surface area contributed by atoms with E-state index in [9.17, 15) is 42.5 Å². The van der Waals surface area contributed by atoms with E-state index >= 15 is 0 Å². The van der Waals surface area contributed by atoms with Gasteiger partial charge in [-0.25, -0.2) is 40.8 Å². The molecule has 0 radical (unpaired) electrons. The van der Waals surface area contributed by atoms with Gasteiger partial charge in [-0.2, -0.15) is 0 Å². The van der Waals surface area contributed by atoms with Crippen LogP contribution in [-0.2, 0) is 126 Å². The monoisotopic (exact) mass is 1020 g/mol. The van der Waals surface area contributed by atoms with Crippen LogP contribution in [-0.4, -0.2) is 133 Å². The quantitative estimate of drug-likeness (QED) is 0.0254. The van der Waals surface area contributed by atoms with Crippen LogP contribution in [0, 0.1) is 0 Å². The molecule has 0 bridgehead atoms. The number of carbonyl (C=O) groups is 6. The van der Waals surface area contributed by atoms with Gasteiger partial charge in [-0.15, -0.1) is 0 Å². The van der Waals surface area contributed by atoms with Crippen LogP contribution in [0.15, 0.2) is 0 Å². The first-order chi connectivity index (χ1) is 31.1. The van der Waals surface area contributed by atoms with Crippen LogP contribution in [0.5, 0.6) is 0 Å². The van der Waals surface area contributed by atoms with Crippen LogP contribution < -0.4 is 0 Å². The van der Waals surface area contributed by atoms with Crippen LogP contribution in [0.2, 0.25) is 0 Å². The minimum absolute atomic E-state index is 0.0967.